The monoisotopic (exact) mass is 411 g/mol. The summed E-state index contributed by atoms with van der Waals surface area (Å²) in [4.78, 5) is 13.4. The van der Waals surface area contributed by atoms with Crippen LogP contribution in [0.4, 0.5) is 0 Å². The highest BCUT2D eigenvalue weighted by molar-refractivity contribution is 5.70. The van der Waals surface area contributed by atoms with Gasteiger partial charge in [0.1, 0.15) is 5.75 Å². The molecule has 2 atom stereocenters. The molecule has 162 valence electrons. The molecular formula is C25H33NO4. The number of rotatable bonds is 10. The van der Waals surface area contributed by atoms with Crippen molar-refractivity contribution in [3.8, 4) is 5.75 Å². The highest BCUT2D eigenvalue weighted by atomic mass is 16.5. The Morgan fingerprint density at radius 1 is 1.20 bits per heavy atom. The van der Waals surface area contributed by atoms with E-state index in [2.05, 4.69) is 48.2 Å². The van der Waals surface area contributed by atoms with E-state index in [1.807, 2.05) is 12.1 Å². The molecule has 0 spiro atoms. The van der Waals surface area contributed by atoms with Gasteiger partial charge in [0, 0.05) is 25.6 Å². The predicted octanol–water partition coefficient (Wildman–Crippen LogP) is 4.34. The van der Waals surface area contributed by atoms with Gasteiger partial charge in [0.15, 0.2) is 0 Å². The van der Waals surface area contributed by atoms with Crippen LogP contribution in [0.2, 0.25) is 0 Å². The second kappa shape index (κ2) is 11.1. The quantitative estimate of drug-likeness (QED) is 0.590. The lowest BCUT2D eigenvalue weighted by molar-refractivity contribution is -0.143. The van der Waals surface area contributed by atoms with Crippen LogP contribution >= 0.6 is 0 Å². The van der Waals surface area contributed by atoms with E-state index in [-0.39, 0.29) is 11.8 Å². The van der Waals surface area contributed by atoms with Gasteiger partial charge in [-0.3, -0.25) is 4.79 Å². The van der Waals surface area contributed by atoms with Gasteiger partial charge in [0.05, 0.1) is 19.6 Å². The van der Waals surface area contributed by atoms with Gasteiger partial charge in [-0.1, -0.05) is 36.4 Å². The van der Waals surface area contributed by atoms with Crippen molar-refractivity contribution in [2.24, 2.45) is 5.92 Å². The molecule has 0 saturated carbocycles. The standard InChI is InChI=1S/C25H33NO4/c1-19-7-3-4-11-23(19)24(20-8-5-10-22(17-20)29-2)12-15-30-16-14-26-13-6-9-21(18-26)25(27)28/h3-5,7-8,10-11,17,21,24H,6,9,12-16,18H2,1-2H3,(H,27,28). The molecule has 0 amide bonds. The Morgan fingerprint density at radius 2 is 2.03 bits per heavy atom. The summed E-state index contributed by atoms with van der Waals surface area (Å²) >= 11 is 0. The van der Waals surface area contributed by atoms with E-state index in [4.69, 9.17) is 9.47 Å². The Bertz CT molecular complexity index is 822. The molecule has 0 bridgehead atoms. The number of carboxylic acid groups (broad SMARTS) is 1. The number of carboxylic acids is 1. The summed E-state index contributed by atoms with van der Waals surface area (Å²) in [6.07, 6.45) is 2.61. The van der Waals surface area contributed by atoms with Crippen LogP contribution in [0.5, 0.6) is 5.75 Å². The fraction of sp³-hybridized carbons (Fsp3) is 0.480. The van der Waals surface area contributed by atoms with Gasteiger partial charge < -0.3 is 19.5 Å². The Labute approximate surface area is 179 Å². The number of nitrogens with zero attached hydrogens (tertiary/aromatic N) is 1. The van der Waals surface area contributed by atoms with Gasteiger partial charge in [0.25, 0.3) is 0 Å². The van der Waals surface area contributed by atoms with Crippen LogP contribution in [-0.4, -0.2) is 55.9 Å². The van der Waals surface area contributed by atoms with Crippen LogP contribution in [0.25, 0.3) is 0 Å². The molecule has 1 heterocycles. The number of ether oxygens (including phenoxy) is 2. The maximum Gasteiger partial charge on any atom is 0.307 e. The van der Waals surface area contributed by atoms with Crippen LogP contribution in [0.15, 0.2) is 48.5 Å². The Morgan fingerprint density at radius 3 is 2.80 bits per heavy atom. The Kier molecular flexibility index (Phi) is 8.29. The lowest BCUT2D eigenvalue weighted by atomic mass is 9.86. The maximum absolute atomic E-state index is 11.2. The minimum Gasteiger partial charge on any atom is -0.497 e. The summed E-state index contributed by atoms with van der Waals surface area (Å²) in [6, 6.07) is 16.8. The van der Waals surface area contributed by atoms with Crippen molar-refractivity contribution in [1.82, 2.24) is 4.90 Å². The van der Waals surface area contributed by atoms with Crippen LogP contribution in [0, 0.1) is 12.8 Å². The molecule has 1 saturated heterocycles. The van der Waals surface area contributed by atoms with E-state index in [9.17, 15) is 9.90 Å². The fourth-order valence-electron chi connectivity index (χ4n) is 4.29. The van der Waals surface area contributed by atoms with Crippen molar-refractivity contribution in [1.29, 1.82) is 0 Å². The van der Waals surface area contributed by atoms with Gasteiger partial charge in [-0.15, -0.1) is 0 Å². The molecule has 2 aromatic carbocycles. The van der Waals surface area contributed by atoms with Gasteiger partial charge in [-0.25, -0.2) is 0 Å². The van der Waals surface area contributed by atoms with Crippen LogP contribution in [0.1, 0.15) is 41.9 Å². The second-order valence-electron chi connectivity index (χ2n) is 8.06. The fourth-order valence-corrected chi connectivity index (χ4v) is 4.29. The molecule has 1 fully saturated rings. The van der Waals surface area contributed by atoms with Gasteiger partial charge in [0.2, 0.25) is 0 Å². The molecule has 1 aliphatic heterocycles. The van der Waals surface area contributed by atoms with Crippen molar-refractivity contribution < 1.29 is 19.4 Å². The number of methoxy groups -OCH3 is 1. The number of carbonyl (C=O) groups is 1. The average molecular weight is 412 g/mol. The number of piperidine rings is 1. The molecule has 2 aromatic rings. The molecule has 0 aliphatic carbocycles. The first-order valence-corrected chi connectivity index (χ1v) is 10.8. The first-order chi connectivity index (χ1) is 14.6. The number of benzene rings is 2. The van der Waals surface area contributed by atoms with Crippen LogP contribution in [-0.2, 0) is 9.53 Å². The molecule has 0 radical (unpaired) electrons. The van der Waals surface area contributed by atoms with Crippen molar-refractivity contribution in [2.75, 3.05) is 40.0 Å². The SMILES string of the molecule is COc1cccc(C(CCOCCN2CCCC(C(=O)O)C2)c2ccccc2C)c1. The maximum atomic E-state index is 11.2. The molecule has 2 unspecified atom stereocenters. The molecule has 3 rings (SSSR count). The van der Waals surface area contributed by atoms with Crippen molar-refractivity contribution in [3.05, 3.63) is 65.2 Å². The number of likely N-dealkylation sites (tertiary alicyclic amines) is 1. The summed E-state index contributed by atoms with van der Waals surface area (Å²) in [7, 11) is 1.69. The summed E-state index contributed by atoms with van der Waals surface area (Å²) < 4.78 is 11.4. The van der Waals surface area contributed by atoms with Crippen molar-refractivity contribution in [3.63, 3.8) is 0 Å². The molecule has 1 N–H and O–H groups in total. The van der Waals surface area contributed by atoms with Gasteiger partial charge >= 0.3 is 5.97 Å². The largest absolute Gasteiger partial charge is 0.497 e. The molecule has 1 aliphatic rings. The normalized spacial score (nSPS) is 18.1. The second-order valence-corrected chi connectivity index (χ2v) is 8.06. The van der Waals surface area contributed by atoms with Crippen molar-refractivity contribution in [2.45, 2.75) is 32.1 Å². The van der Waals surface area contributed by atoms with E-state index in [0.29, 0.717) is 19.8 Å². The van der Waals surface area contributed by atoms with E-state index >= 15 is 0 Å². The lowest BCUT2D eigenvalue weighted by Crippen LogP contribution is -2.40. The van der Waals surface area contributed by atoms with Gasteiger partial charge in [-0.2, -0.15) is 0 Å². The van der Waals surface area contributed by atoms with Crippen LogP contribution in [0.3, 0.4) is 0 Å². The topological polar surface area (TPSA) is 59.0 Å². The first kappa shape index (κ1) is 22.3. The van der Waals surface area contributed by atoms with Crippen molar-refractivity contribution >= 4 is 5.97 Å². The highest BCUT2D eigenvalue weighted by Gasteiger charge is 2.25. The van der Waals surface area contributed by atoms with E-state index in [1.54, 1.807) is 7.11 Å². The number of hydrogen-bond acceptors (Lipinski definition) is 4. The highest BCUT2D eigenvalue weighted by Crippen LogP contribution is 2.32. The van der Waals surface area contributed by atoms with E-state index in [0.717, 1.165) is 38.1 Å². The predicted molar refractivity (Wildman–Crippen MR) is 118 cm³/mol. The smallest absolute Gasteiger partial charge is 0.307 e. The average Bonchev–Trinajstić information content (AvgIpc) is 2.77. The number of hydrogen-bond donors (Lipinski definition) is 1. The third kappa shape index (κ3) is 6.07. The Balaban J connectivity index is 1.56. The molecule has 30 heavy (non-hydrogen) atoms. The zero-order chi connectivity index (χ0) is 21.3. The van der Waals surface area contributed by atoms with E-state index < -0.39 is 5.97 Å². The minimum atomic E-state index is -0.681. The summed E-state index contributed by atoms with van der Waals surface area (Å²) in [5, 5.41) is 9.24. The Hall–Kier alpha value is -2.37. The number of aryl methyl sites for hydroxylation is 1. The summed E-state index contributed by atoms with van der Waals surface area (Å²) in [6.45, 7) is 5.82. The van der Waals surface area contributed by atoms with Gasteiger partial charge in [-0.05, 0) is 61.6 Å². The zero-order valence-electron chi connectivity index (χ0n) is 18.0. The van der Waals surface area contributed by atoms with Crippen LogP contribution < -0.4 is 4.74 Å². The summed E-state index contributed by atoms with van der Waals surface area (Å²) in [5.74, 6) is 0.190. The molecule has 0 aromatic heterocycles. The molecular weight excluding hydrogens is 378 g/mol. The third-order valence-corrected chi connectivity index (χ3v) is 6.02. The molecule has 5 heteroatoms. The minimum absolute atomic E-state index is 0.239. The summed E-state index contributed by atoms with van der Waals surface area (Å²) in [5.41, 5.74) is 3.82. The first-order valence-electron chi connectivity index (χ1n) is 10.8. The number of aliphatic carboxylic acids is 1. The lowest BCUT2D eigenvalue weighted by Gasteiger charge is -2.30. The zero-order valence-corrected chi connectivity index (χ0v) is 18.0. The molecule has 5 nitrogen and oxygen atoms in total. The third-order valence-electron chi connectivity index (χ3n) is 6.02. The van der Waals surface area contributed by atoms with E-state index in [1.165, 1.54) is 16.7 Å².